The van der Waals surface area contributed by atoms with Crippen LogP contribution in [-0.2, 0) is 6.54 Å². The van der Waals surface area contributed by atoms with Gasteiger partial charge in [0.1, 0.15) is 0 Å². The summed E-state index contributed by atoms with van der Waals surface area (Å²) >= 11 is 1.67. The van der Waals surface area contributed by atoms with Gasteiger partial charge >= 0.3 is 0 Å². The molecule has 3 aromatic rings. The number of hydrogen-bond donors (Lipinski definition) is 0. The summed E-state index contributed by atoms with van der Waals surface area (Å²) in [5.74, 6) is 0. The summed E-state index contributed by atoms with van der Waals surface area (Å²) in [6.07, 6.45) is 1.92. The summed E-state index contributed by atoms with van der Waals surface area (Å²) in [7, 11) is 0. The molecule has 2 nitrogen and oxygen atoms in total. The first-order chi connectivity index (χ1) is 11.2. The second-order valence-corrected chi connectivity index (χ2v) is 6.41. The molecule has 0 fully saturated rings. The number of benzene rings is 2. The molecule has 23 heavy (non-hydrogen) atoms. The standard InChI is InChI=1S/C20H20N2S/c1-4-12-22-19(18-11-10-15(2)13-16(18)3)14-23-20(22)21-17-8-6-5-7-9-17/h4-11,13-14H,1,12H2,2-3H3. The normalized spacial score (nSPS) is 11.7. The van der Waals surface area contributed by atoms with Crippen molar-refractivity contribution in [3.63, 3.8) is 0 Å². The highest BCUT2D eigenvalue weighted by Gasteiger charge is 2.09. The van der Waals surface area contributed by atoms with Crippen molar-refractivity contribution in [2.24, 2.45) is 4.99 Å². The minimum Gasteiger partial charge on any atom is -0.313 e. The van der Waals surface area contributed by atoms with Crippen LogP contribution in [0.1, 0.15) is 11.1 Å². The van der Waals surface area contributed by atoms with Crippen molar-refractivity contribution in [3.05, 3.63) is 82.5 Å². The lowest BCUT2D eigenvalue weighted by molar-refractivity contribution is 0.800. The molecule has 1 aromatic heterocycles. The SMILES string of the molecule is C=CCn1c(-c2ccc(C)cc2C)csc1=Nc1ccccc1. The van der Waals surface area contributed by atoms with Gasteiger partial charge in [-0.15, -0.1) is 17.9 Å². The molecule has 0 saturated carbocycles. The number of nitrogens with zero attached hydrogens (tertiary/aromatic N) is 2. The quantitative estimate of drug-likeness (QED) is 0.584. The summed E-state index contributed by atoms with van der Waals surface area (Å²) in [6.45, 7) is 8.93. The van der Waals surface area contributed by atoms with E-state index in [0.29, 0.717) is 0 Å². The third kappa shape index (κ3) is 3.35. The van der Waals surface area contributed by atoms with Crippen molar-refractivity contribution < 1.29 is 0 Å². The average molecular weight is 320 g/mol. The molecule has 0 atom stereocenters. The third-order valence-electron chi connectivity index (χ3n) is 3.75. The monoisotopic (exact) mass is 320 g/mol. The first-order valence-corrected chi connectivity index (χ1v) is 8.53. The Morgan fingerprint density at radius 2 is 1.91 bits per heavy atom. The lowest BCUT2D eigenvalue weighted by Gasteiger charge is -2.10. The van der Waals surface area contributed by atoms with Crippen LogP contribution >= 0.6 is 11.3 Å². The minimum absolute atomic E-state index is 0.748. The van der Waals surface area contributed by atoms with Crippen LogP contribution in [0.3, 0.4) is 0 Å². The minimum atomic E-state index is 0.748. The lowest BCUT2D eigenvalue weighted by atomic mass is 10.0. The van der Waals surface area contributed by atoms with E-state index in [1.165, 1.54) is 22.4 Å². The number of thiazole rings is 1. The smallest absolute Gasteiger partial charge is 0.190 e. The fourth-order valence-corrected chi connectivity index (χ4v) is 3.58. The molecule has 0 aliphatic carbocycles. The number of aryl methyl sites for hydroxylation is 2. The van der Waals surface area contributed by atoms with Crippen LogP contribution in [0.4, 0.5) is 5.69 Å². The molecule has 0 aliphatic rings. The van der Waals surface area contributed by atoms with E-state index in [-0.39, 0.29) is 0 Å². The molecule has 0 saturated heterocycles. The predicted octanol–water partition coefficient (Wildman–Crippen LogP) is 5.25. The van der Waals surface area contributed by atoms with Crippen molar-refractivity contribution in [3.8, 4) is 11.3 Å². The molecule has 0 radical (unpaired) electrons. The number of para-hydroxylation sites is 1. The van der Waals surface area contributed by atoms with E-state index in [1.807, 2.05) is 36.4 Å². The van der Waals surface area contributed by atoms with Crippen molar-refractivity contribution >= 4 is 17.0 Å². The Kier molecular flexibility index (Phi) is 4.58. The summed E-state index contributed by atoms with van der Waals surface area (Å²) in [5.41, 5.74) is 5.99. The van der Waals surface area contributed by atoms with Crippen molar-refractivity contribution in [2.75, 3.05) is 0 Å². The van der Waals surface area contributed by atoms with Gasteiger partial charge in [-0.25, -0.2) is 4.99 Å². The number of hydrogen-bond acceptors (Lipinski definition) is 2. The maximum Gasteiger partial charge on any atom is 0.190 e. The molecule has 1 heterocycles. The lowest BCUT2D eigenvalue weighted by Crippen LogP contribution is -2.15. The van der Waals surface area contributed by atoms with E-state index >= 15 is 0 Å². The van der Waals surface area contributed by atoms with E-state index in [2.05, 4.69) is 48.6 Å². The summed E-state index contributed by atoms with van der Waals surface area (Å²) in [5, 5.41) is 2.18. The van der Waals surface area contributed by atoms with E-state index in [0.717, 1.165) is 17.0 Å². The summed E-state index contributed by atoms with van der Waals surface area (Å²) in [4.78, 5) is 5.78. The Balaban J connectivity index is 2.16. The Bertz CT molecular complexity index is 886. The van der Waals surface area contributed by atoms with Crippen LogP contribution in [0.2, 0.25) is 0 Å². The zero-order valence-corrected chi connectivity index (χ0v) is 14.3. The first kappa shape index (κ1) is 15.5. The predicted molar refractivity (Wildman–Crippen MR) is 99.1 cm³/mol. The molecule has 116 valence electrons. The molecule has 3 heteroatoms. The number of aromatic nitrogens is 1. The van der Waals surface area contributed by atoms with Crippen molar-refractivity contribution in [1.82, 2.24) is 4.57 Å². The van der Waals surface area contributed by atoms with Gasteiger partial charge in [-0.2, -0.15) is 0 Å². The van der Waals surface area contributed by atoms with E-state index in [4.69, 9.17) is 4.99 Å². The molecule has 0 amide bonds. The van der Waals surface area contributed by atoms with Gasteiger partial charge in [-0.1, -0.05) is 48.0 Å². The Labute approximate surface area is 141 Å². The van der Waals surface area contributed by atoms with E-state index < -0.39 is 0 Å². The maximum atomic E-state index is 4.79. The largest absolute Gasteiger partial charge is 0.313 e. The fraction of sp³-hybridized carbons (Fsp3) is 0.150. The van der Waals surface area contributed by atoms with Crippen LogP contribution in [0, 0.1) is 13.8 Å². The molecule has 3 rings (SSSR count). The van der Waals surface area contributed by atoms with Crippen molar-refractivity contribution in [1.29, 1.82) is 0 Å². The average Bonchev–Trinajstić information content (AvgIpc) is 2.92. The molecule has 0 bridgehead atoms. The van der Waals surface area contributed by atoms with E-state index in [1.54, 1.807) is 11.3 Å². The molecular formula is C20H20N2S. The summed E-state index contributed by atoms with van der Waals surface area (Å²) < 4.78 is 2.22. The molecule has 0 N–H and O–H groups in total. The van der Waals surface area contributed by atoms with Crippen LogP contribution in [0.15, 0.2) is 71.6 Å². The zero-order valence-electron chi connectivity index (χ0n) is 13.5. The highest BCUT2D eigenvalue weighted by Crippen LogP contribution is 2.25. The van der Waals surface area contributed by atoms with Crippen LogP contribution in [0.5, 0.6) is 0 Å². The molecular weight excluding hydrogens is 300 g/mol. The fourth-order valence-electron chi connectivity index (χ4n) is 2.65. The second-order valence-electron chi connectivity index (χ2n) is 5.57. The van der Waals surface area contributed by atoms with Gasteiger partial charge in [0.2, 0.25) is 0 Å². The van der Waals surface area contributed by atoms with Crippen molar-refractivity contribution in [2.45, 2.75) is 20.4 Å². The Hall–Kier alpha value is -2.39. The molecule has 0 unspecified atom stereocenters. The number of allylic oxidation sites excluding steroid dienone is 1. The van der Waals surface area contributed by atoms with Crippen LogP contribution in [-0.4, -0.2) is 4.57 Å². The Morgan fingerprint density at radius 1 is 1.13 bits per heavy atom. The van der Waals surface area contributed by atoms with Gasteiger partial charge in [0.25, 0.3) is 0 Å². The maximum absolute atomic E-state index is 4.79. The Morgan fingerprint density at radius 3 is 2.61 bits per heavy atom. The highest BCUT2D eigenvalue weighted by molar-refractivity contribution is 7.07. The van der Waals surface area contributed by atoms with Crippen LogP contribution in [0.25, 0.3) is 11.3 Å². The molecule has 2 aromatic carbocycles. The van der Waals surface area contributed by atoms with Gasteiger partial charge in [0, 0.05) is 17.5 Å². The van der Waals surface area contributed by atoms with E-state index in [9.17, 15) is 0 Å². The summed E-state index contributed by atoms with van der Waals surface area (Å²) in [6, 6.07) is 16.6. The van der Waals surface area contributed by atoms with Gasteiger partial charge < -0.3 is 4.57 Å². The van der Waals surface area contributed by atoms with Gasteiger partial charge in [-0.05, 0) is 31.5 Å². The van der Waals surface area contributed by atoms with Gasteiger partial charge in [-0.3, -0.25) is 0 Å². The third-order valence-corrected chi connectivity index (χ3v) is 4.61. The van der Waals surface area contributed by atoms with Gasteiger partial charge in [0.15, 0.2) is 4.80 Å². The topological polar surface area (TPSA) is 17.3 Å². The molecule has 0 spiro atoms. The highest BCUT2D eigenvalue weighted by atomic mass is 32.1. The number of rotatable bonds is 4. The molecule has 0 aliphatic heterocycles. The van der Waals surface area contributed by atoms with Gasteiger partial charge in [0.05, 0.1) is 11.4 Å². The van der Waals surface area contributed by atoms with Crippen LogP contribution < -0.4 is 4.80 Å². The zero-order chi connectivity index (χ0) is 16.2. The first-order valence-electron chi connectivity index (χ1n) is 7.65. The second kappa shape index (κ2) is 6.80.